The zero-order valence-corrected chi connectivity index (χ0v) is 17.0. The minimum Gasteiger partial charge on any atom is -0.454 e. The van der Waals surface area contributed by atoms with E-state index in [1.807, 2.05) is 18.2 Å². The van der Waals surface area contributed by atoms with Gasteiger partial charge in [0.25, 0.3) is 5.91 Å². The van der Waals surface area contributed by atoms with Gasteiger partial charge in [-0.3, -0.25) is 4.79 Å². The first kappa shape index (κ1) is 18.7. The van der Waals surface area contributed by atoms with E-state index in [2.05, 4.69) is 35.5 Å². The average molecular weight is 398 g/mol. The summed E-state index contributed by atoms with van der Waals surface area (Å²) in [5.74, 6) is 1.19. The number of amides is 1. The van der Waals surface area contributed by atoms with Crippen molar-refractivity contribution in [1.29, 1.82) is 0 Å². The first-order chi connectivity index (χ1) is 13.5. The summed E-state index contributed by atoms with van der Waals surface area (Å²) in [5, 5.41) is 0. The average Bonchev–Trinajstić information content (AvgIpc) is 3.24. The number of hydrogen-bond acceptors (Lipinski definition) is 5. The smallest absolute Gasteiger partial charge is 0.252 e. The predicted octanol–water partition coefficient (Wildman–Crippen LogP) is 3.36. The molecule has 0 N–H and O–H groups in total. The van der Waals surface area contributed by atoms with Crippen LogP contribution in [-0.4, -0.2) is 31.0 Å². The topological polar surface area (TPSA) is 62.1 Å². The second-order valence-electron chi connectivity index (χ2n) is 6.80. The highest BCUT2D eigenvalue weighted by atomic mass is 32.1. The standard InChI is InChI=1S/C21H22N2O4S/c1-13-8-16-19(9-14(13)2)28-21(23(16)6-7-25-3)22-20(24)11-15-4-5-17-18(10-15)27-12-26-17/h4-5,8-10H,6-7,11-12H2,1-3H3. The van der Waals surface area contributed by atoms with E-state index in [9.17, 15) is 4.79 Å². The Morgan fingerprint density at radius 1 is 1.18 bits per heavy atom. The van der Waals surface area contributed by atoms with Gasteiger partial charge in [0.2, 0.25) is 6.79 Å². The monoisotopic (exact) mass is 398 g/mol. The summed E-state index contributed by atoms with van der Waals surface area (Å²) >= 11 is 1.53. The molecule has 2 heterocycles. The molecule has 1 aromatic heterocycles. The molecule has 0 unspecified atom stereocenters. The van der Waals surface area contributed by atoms with Gasteiger partial charge in [0.15, 0.2) is 16.3 Å². The largest absolute Gasteiger partial charge is 0.454 e. The number of aryl methyl sites for hydroxylation is 2. The molecule has 0 saturated heterocycles. The van der Waals surface area contributed by atoms with Gasteiger partial charge in [-0.15, -0.1) is 0 Å². The van der Waals surface area contributed by atoms with Crippen LogP contribution in [0.5, 0.6) is 11.5 Å². The molecule has 0 radical (unpaired) electrons. The molecule has 1 aliphatic heterocycles. The van der Waals surface area contributed by atoms with Crippen LogP contribution in [0.3, 0.4) is 0 Å². The Bertz CT molecular complexity index is 1110. The first-order valence-electron chi connectivity index (χ1n) is 9.11. The molecular weight excluding hydrogens is 376 g/mol. The number of carbonyl (C=O) groups excluding carboxylic acids is 1. The van der Waals surface area contributed by atoms with E-state index in [4.69, 9.17) is 14.2 Å². The third-order valence-electron chi connectivity index (χ3n) is 4.83. The summed E-state index contributed by atoms with van der Waals surface area (Å²) in [6, 6.07) is 9.84. The number of fused-ring (bicyclic) bond motifs is 2. The predicted molar refractivity (Wildman–Crippen MR) is 108 cm³/mol. The third-order valence-corrected chi connectivity index (χ3v) is 5.87. The second-order valence-corrected chi connectivity index (χ2v) is 7.81. The minimum absolute atomic E-state index is 0.190. The van der Waals surface area contributed by atoms with Gasteiger partial charge < -0.3 is 18.8 Å². The van der Waals surface area contributed by atoms with Crippen molar-refractivity contribution in [2.45, 2.75) is 26.8 Å². The lowest BCUT2D eigenvalue weighted by Crippen LogP contribution is -2.19. The molecule has 7 heteroatoms. The highest BCUT2D eigenvalue weighted by Crippen LogP contribution is 2.32. The quantitative estimate of drug-likeness (QED) is 0.661. The number of hydrogen-bond donors (Lipinski definition) is 0. The fourth-order valence-electron chi connectivity index (χ4n) is 3.18. The lowest BCUT2D eigenvalue weighted by Gasteiger charge is -2.06. The maximum Gasteiger partial charge on any atom is 0.252 e. The van der Waals surface area contributed by atoms with Crippen LogP contribution in [0.15, 0.2) is 35.3 Å². The van der Waals surface area contributed by atoms with E-state index in [-0.39, 0.29) is 19.1 Å². The van der Waals surface area contributed by atoms with Gasteiger partial charge in [-0.2, -0.15) is 4.99 Å². The molecule has 28 heavy (non-hydrogen) atoms. The Morgan fingerprint density at radius 2 is 1.96 bits per heavy atom. The molecule has 3 aromatic rings. The van der Waals surface area contributed by atoms with Gasteiger partial charge >= 0.3 is 0 Å². The fraction of sp³-hybridized carbons (Fsp3) is 0.333. The van der Waals surface area contributed by atoms with Gasteiger partial charge in [0.05, 0.1) is 23.2 Å². The second kappa shape index (κ2) is 7.77. The van der Waals surface area contributed by atoms with Gasteiger partial charge in [-0.25, -0.2) is 0 Å². The molecule has 2 aromatic carbocycles. The molecular formula is C21H22N2O4S. The van der Waals surface area contributed by atoms with Gasteiger partial charge in [-0.05, 0) is 54.8 Å². The van der Waals surface area contributed by atoms with E-state index >= 15 is 0 Å². The molecule has 6 nitrogen and oxygen atoms in total. The van der Waals surface area contributed by atoms with Crippen molar-refractivity contribution in [3.8, 4) is 11.5 Å². The molecule has 0 atom stereocenters. The maximum atomic E-state index is 12.6. The summed E-state index contributed by atoms with van der Waals surface area (Å²) in [6.45, 7) is 5.61. The Hall–Kier alpha value is -2.64. The fourth-order valence-corrected chi connectivity index (χ4v) is 4.33. The van der Waals surface area contributed by atoms with Crippen LogP contribution in [-0.2, 0) is 22.5 Å². The molecule has 0 spiro atoms. The molecule has 0 fully saturated rings. The van der Waals surface area contributed by atoms with Crippen LogP contribution < -0.4 is 14.3 Å². The van der Waals surface area contributed by atoms with E-state index in [1.54, 1.807) is 7.11 Å². The molecule has 146 valence electrons. The van der Waals surface area contributed by atoms with Crippen molar-refractivity contribution < 1.29 is 19.0 Å². The minimum atomic E-state index is -0.190. The summed E-state index contributed by atoms with van der Waals surface area (Å²) in [4.78, 5) is 17.8. The summed E-state index contributed by atoms with van der Waals surface area (Å²) in [7, 11) is 1.67. The number of rotatable bonds is 5. The van der Waals surface area contributed by atoms with Crippen molar-refractivity contribution in [2.24, 2.45) is 4.99 Å². The zero-order valence-electron chi connectivity index (χ0n) is 16.2. The zero-order chi connectivity index (χ0) is 19.7. The first-order valence-corrected chi connectivity index (χ1v) is 9.92. The Balaban J connectivity index is 1.68. The van der Waals surface area contributed by atoms with Crippen LogP contribution in [0.25, 0.3) is 10.2 Å². The Morgan fingerprint density at radius 3 is 2.79 bits per heavy atom. The normalized spacial score (nSPS) is 13.5. The Labute approximate surface area is 167 Å². The van der Waals surface area contributed by atoms with Crippen molar-refractivity contribution in [1.82, 2.24) is 4.57 Å². The molecule has 4 rings (SSSR count). The maximum absolute atomic E-state index is 12.6. The lowest BCUT2D eigenvalue weighted by molar-refractivity contribution is -0.117. The highest BCUT2D eigenvalue weighted by Gasteiger charge is 2.15. The van der Waals surface area contributed by atoms with Crippen molar-refractivity contribution in [3.05, 3.63) is 51.8 Å². The number of ether oxygens (including phenoxy) is 3. The van der Waals surface area contributed by atoms with Crippen LogP contribution in [0, 0.1) is 13.8 Å². The number of aromatic nitrogens is 1. The number of benzene rings is 2. The Kier molecular flexibility index (Phi) is 5.19. The number of carbonyl (C=O) groups is 1. The van der Waals surface area contributed by atoms with Gasteiger partial charge in [0, 0.05) is 13.7 Å². The molecule has 1 aliphatic rings. The third kappa shape index (κ3) is 3.68. The number of thiazole rings is 1. The molecule has 1 amide bonds. The van der Waals surface area contributed by atoms with Crippen molar-refractivity contribution in [2.75, 3.05) is 20.5 Å². The van der Waals surface area contributed by atoms with E-state index in [1.165, 1.54) is 22.5 Å². The van der Waals surface area contributed by atoms with Crippen LogP contribution >= 0.6 is 11.3 Å². The van der Waals surface area contributed by atoms with Gasteiger partial charge in [-0.1, -0.05) is 17.4 Å². The van der Waals surface area contributed by atoms with Gasteiger partial charge in [0.1, 0.15) is 0 Å². The number of methoxy groups -OCH3 is 1. The molecule has 0 saturated carbocycles. The number of nitrogens with zero attached hydrogens (tertiary/aromatic N) is 2. The van der Waals surface area contributed by atoms with E-state index < -0.39 is 0 Å². The molecule has 0 aliphatic carbocycles. The van der Waals surface area contributed by atoms with E-state index in [0.717, 1.165) is 15.8 Å². The van der Waals surface area contributed by atoms with Crippen molar-refractivity contribution in [3.63, 3.8) is 0 Å². The van der Waals surface area contributed by atoms with E-state index in [0.29, 0.717) is 29.5 Å². The molecule has 0 bridgehead atoms. The highest BCUT2D eigenvalue weighted by molar-refractivity contribution is 7.16. The van der Waals surface area contributed by atoms with Crippen LogP contribution in [0.4, 0.5) is 0 Å². The van der Waals surface area contributed by atoms with Crippen LogP contribution in [0.2, 0.25) is 0 Å². The summed E-state index contributed by atoms with van der Waals surface area (Å²) in [6.07, 6.45) is 0.215. The van der Waals surface area contributed by atoms with Crippen molar-refractivity contribution >= 4 is 27.5 Å². The lowest BCUT2D eigenvalue weighted by atomic mass is 10.1. The SMILES string of the molecule is COCCn1c(=NC(=O)Cc2ccc3c(c2)OCO3)sc2cc(C)c(C)cc21. The van der Waals surface area contributed by atoms with Crippen LogP contribution in [0.1, 0.15) is 16.7 Å². The summed E-state index contributed by atoms with van der Waals surface area (Å²) in [5.41, 5.74) is 4.38. The summed E-state index contributed by atoms with van der Waals surface area (Å²) < 4.78 is 19.1.